The van der Waals surface area contributed by atoms with E-state index < -0.39 is 11.3 Å². The van der Waals surface area contributed by atoms with E-state index in [4.69, 9.17) is 15.7 Å². The van der Waals surface area contributed by atoms with E-state index in [0.717, 1.165) is 57.7 Å². The third kappa shape index (κ3) is 3.71. The average Bonchev–Trinajstić information content (AvgIpc) is 2.95. The highest BCUT2D eigenvalue weighted by atomic mass is 16.1. The lowest BCUT2D eigenvalue weighted by Crippen LogP contribution is -2.53. The van der Waals surface area contributed by atoms with E-state index in [1.54, 1.807) is 0 Å². The fourth-order valence-corrected chi connectivity index (χ4v) is 6.86. The molecule has 2 aliphatic carbocycles. The zero-order chi connectivity index (χ0) is 26.4. The predicted molar refractivity (Wildman–Crippen MR) is 149 cm³/mol. The van der Waals surface area contributed by atoms with Gasteiger partial charge in [-0.15, -0.1) is 0 Å². The summed E-state index contributed by atoms with van der Waals surface area (Å²) in [5.41, 5.74) is 13.6. The van der Waals surface area contributed by atoms with E-state index in [0.29, 0.717) is 12.2 Å². The first-order valence-electron chi connectivity index (χ1n) is 13.3. The number of hydrogen-bond donors (Lipinski definition) is 1. The van der Waals surface area contributed by atoms with Crippen molar-refractivity contribution in [1.82, 2.24) is 9.97 Å². The number of benzene rings is 3. The maximum atomic E-state index is 13.2. The monoisotopic (exact) mass is 498 g/mol. The molecule has 0 radical (unpaired) electrons. The molecule has 2 aliphatic rings. The van der Waals surface area contributed by atoms with Gasteiger partial charge >= 0.3 is 0 Å². The maximum absolute atomic E-state index is 13.2. The maximum Gasteiger partial charge on any atom is 0.153 e. The Morgan fingerprint density at radius 1 is 0.947 bits per heavy atom. The van der Waals surface area contributed by atoms with Gasteiger partial charge in [-0.1, -0.05) is 67.6 Å². The molecule has 5 heteroatoms. The first-order valence-corrected chi connectivity index (χ1v) is 13.3. The van der Waals surface area contributed by atoms with E-state index in [2.05, 4.69) is 42.5 Å². The number of ketones is 1. The van der Waals surface area contributed by atoms with Crippen LogP contribution in [0.3, 0.4) is 0 Å². The quantitative estimate of drug-likeness (QED) is 0.335. The number of Topliss-reactive ketones (excluding diaryl/α,β-unsaturated/α-hetero) is 1. The summed E-state index contributed by atoms with van der Waals surface area (Å²) in [6.07, 6.45) is 2.10. The standard InChI is InChI=1S/C33H30N4O/c1-20-29-16-15-28-30(24-8-6-7-23(17-24)22-11-13-27(35)14-12-22)36-21(2)37-32(28)33(29,18-25(19-34)31(20)38)26-9-4-3-5-10-26/h3-14,17,20,25,29H,15-16,18,35H2,1-2H3/t20-,25?,29-,33+/m0/s1. The number of rotatable bonds is 3. The van der Waals surface area contributed by atoms with Gasteiger partial charge in [0.25, 0.3) is 0 Å². The second-order valence-electron chi connectivity index (χ2n) is 10.7. The van der Waals surface area contributed by atoms with Gasteiger partial charge in [0.05, 0.1) is 17.5 Å². The van der Waals surface area contributed by atoms with Crippen molar-refractivity contribution in [3.8, 4) is 28.5 Å². The van der Waals surface area contributed by atoms with Crippen LogP contribution in [-0.4, -0.2) is 15.8 Å². The van der Waals surface area contributed by atoms with Gasteiger partial charge in [-0.05, 0) is 67.0 Å². The van der Waals surface area contributed by atoms with Crippen molar-refractivity contribution in [3.05, 3.63) is 102 Å². The molecule has 0 aliphatic heterocycles. The Morgan fingerprint density at radius 3 is 2.42 bits per heavy atom. The van der Waals surface area contributed by atoms with Crippen LogP contribution in [0, 0.1) is 36.0 Å². The number of aromatic nitrogens is 2. The number of carbonyl (C=O) groups excluding carboxylic acids is 1. The van der Waals surface area contributed by atoms with Crippen molar-refractivity contribution in [3.63, 3.8) is 0 Å². The topological polar surface area (TPSA) is 92.7 Å². The molecule has 5 nitrogen and oxygen atoms in total. The Kier molecular flexibility index (Phi) is 5.84. The molecule has 188 valence electrons. The lowest BCUT2D eigenvalue weighted by molar-refractivity contribution is -0.131. The highest BCUT2D eigenvalue weighted by Crippen LogP contribution is 2.56. The number of aryl methyl sites for hydroxylation is 1. The van der Waals surface area contributed by atoms with Crippen molar-refractivity contribution in [1.29, 1.82) is 5.26 Å². The minimum atomic E-state index is -0.653. The molecule has 1 fully saturated rings. The summed E-state index contributed by atoms with van der Waals surface area (Å²) in [4.78, 5) is 23.3. The van der Waals surface area contributed by atoms with Crippen LogP contribution < -0.4 is 5.73 Å². The molecule has 38 heavy (non-hydrogen) atoms. The van der Waals surface area contributed by atoms with Crippen molar-refractivity contribution < 1.29 is 4.79 Å². The van der Waals surface area contributed by atoms with Crippen LogP contribution in [0.25, 0.3) is 22.4 Å². The van der Waals surface area contributed by atoms with Gasteiger partial charge in [0.15, 0.2) is 5.78 Å². The Balaban J connectivity index is 1.57. The zero-order valence-electron chi connectivity index (χ0n) is 21.7. The molecule has 0 amide bonds. The third-order valence-corrected chi connectivity index (χ3v) is 8.63. The van der Waals surface area contributed by atoms with Crippen LogP contribution in [0.4, 0.5) is 5.69 Å². The Morgan fingerprint density at radius 2 is 1.68 bits per heavy atom. The SMILES string of the molecule is Cc1nc(-c2cccc(-c3ccc(N)cc3)c2)c2c(n1)[C@@]1(c3ccccc3)CC(C#N)C(=O)[C@@H](C)[C@@H]1CC2. The molecule has 0 bridgehead atoms. The molecule has 1 saturated carbocycles. The van der Waals surface area contributed by atoms with Crippen molar-refractivity contribution in [2.45, 2.75) is 38.5 Å². The largest absolute Gasteiger partial charge is 0.399 e. The number of nitrogen functional groups attached to an aromatic ring is 1. The number of nitriles is 1. The molecule has 4 aromatic rings. The summed E-state index contributed by atoms with van der Waals surface area (Å²) in [6.45, 7) is 3.94. The number of fused-ring (bicyclic) bond motifs is 3. The van der Waals surface area contributed by atoms with Gasteiger partial charge in [-0.3, -0.25) is 4.79 Å². The molecule has 4 atom stereocenters. The van der Waals surface area contributed by atoms with Gasteiger partial charge < -0.3 is 5.73 Å². The van der Waals surface area contributed by atoms with Crippen LogP contribution in [0.5, 0.6) is 0 Å². The first-order chi connectivity index (χ1) is 18.4. The lowest BCUT2D eigenvalue weighted by Gasteiger charge is -2.51. The van der Waals surface area contributed by atoms with Crippen LogP contribution in [0.1, 0.15) is 42.4 Å². The molecule has 1 heterocycles. The molecule has 3 aromatic carbocycles. The van der Waals surface area contributed by atoms with Crippen LogP contribution in [0.15, 0.2) is 78.9 Å². The minimum absolute atomic E-state index is 0.0645. The second-order valence-corrected chi connectivity index (χ2v) is 10.7. The molecular formula is C33H30N4O. The van der Waals surface area contributed by atoms with Crippen LogP contribution in [0.2, 0.25) is 0 Å². The Bertz CT molecular complexity index is 1570. The smallest absolute Gasteiger partial charge is 0.153 e. The van der Waals surface area contributed by atoms with E-state index in [9.17, 15) is 10.1 Å². The van der Waals surface area contributed by atoms with Crippen LogP contribution in [-0.2, 0) is 16.6 Å². The van der Waals surface area contributed by atoms with E-state index >= 15 is 0 Å². The summed E-state index contributed by atoms with van der Waals surface area (Å²) in [5, 5.41) is 10.0. The van der Waals surface area contributed by atoms with E-state index in [-0.39, 0.29) is 17.6 Å². The number of anilines is 1. The minimum Gasteiger partial charge on any atom is -0.399 e. The molecule has 1 unspecified atom stereocenters. The summed E-state index contributed by atoms with van der Waals surface area (Å²) in [7, 11) is 0. The van der Waals surface area contributed by atoms with Crippen molar-refractivity contribution in [2.75, 3.05) is 5.73 Å². The first kappa shape index (κ1) is 24.1. The molecule has 6 rings (SSSR count). The molecule has 2 N–H and O–H groups in total. The number of nitrogens with two attached hydrogens (primary N) is 1. The van der Waals surface area contributed by atoms with E-state index in [1.165, 1.54) is 0 Å². The summed E-state index contributed by atoms with van der Waals surface area (Å²) >= 11 is 0. The number of hydrogen-bond acceptors (Lipinski definition) is 5. The average molecular weight is 499 g/mol. The fraction of sp³-hybridized carbons (Fsp3) is 0.273. The lowest BCUT2D eigenvalue weighted by atomic mass is 9.50. The second kappa shape index (κ2) is 9.22. The van der Waals surface area contributed by atoms with Crippen LogP contribution >= 0.6 is 0 Å². The highest BCUT2D eigenvalue weighted by Gasteiger charge is 2.56. The Labute approximate surface area is 223 Å². The van der Waals surface area contributed by atoms with E-state index in [1.807, 2.05) is 56.3 Å². The van der Waals surface area contributed by atoms with Gasteiger partial charge in [0, 0.05) is 28.1 Å². The van der Waals surface area contributed by atoms with Gasteiger partial charge in [-0.25, -0.2) is 9.97 Å². The zero-order valence-corrected chi connectivity index (χ0v) is 21.7. The number of nitrogens with zero attached hydrogens (tertiary/aromatic N) is 3. The van der Waals surface area contributed by atoms with Crippen molar-refractivity contribution >= 4 is 11.5 Å². The van der Waals surface area contributed by atoms with Crippen molar-refractivity contribution in [2.24, 2.45) is 17.8 Å². The van der Waals surface area contributed by atoms with Gasteiger partial charge in [0.2, 0.25) is 0 Å². The fourth-order valence-electron chi connectivity index (χ4n) is 6.86. The summed E-state index contributed by atoms with van der Waals surface area (Å²) in [6, 6.07) is 29.1. The molecule has 0 spiro atoms. The molecular weight excluding hydrogens is 468 g/mol. The summed E-state index contributed by atoms with van der Waals surface area (Å²) in [5.74, 6) is -0.0209. The van der Waals surface area contributed by atoms with Gasteiger partial charge in [0.1, 0.15) is 11.7 Å². The highest BCUT2D eigenvalue weighted by molar-refractivity contribution is 5.88. The number of carbonyl (C=O) groups is 1. The predicted octanol–water partition coefficient (Wildman–Crippen LogP) is 6.30. The summed E-state index contributed by atoms with van der Waals surface area (Å²) < 4.78 is 0. The molecule has 0 saturated heterocycles. The third-order valence-electron chi connectivity index (χ3n) is 8.63. The van der Waals surface area contributed by atoms with Gasteiger partial charge in [-0.2, -0.15) is 5.26 Å². The Hall–Kier alpha value is -4.30. The normalized spacial score (nSPS) is 24.2. The molecule has 1 aromatic heterocycles.